The standard InChI is InChI=1S/C17H19ClN4O4S2.C7H8ClN/c1-16(8-6-13(7-9-16)27(20,23)24)28(25,26)17(2)14(15(19)21-22-17)11-4-3-5-12(18)10-11;1-5-2-3-6(8)7(9)4-5/h3-8,10H,9,19H2,1-2H3,(H2,20,23,24);2-4H,9H2,1H3. The molecule has 2 aliphatic rings. The molecule has 2 atom stereocenters. The molecular formula is C24H27Cl2N5O4S2. The second kappa shape index (κ2) is 10.2. The lowest BCUT2D eigenvalue weighted by molar-refractivity contribution is 0.535. The SMILES string of the molecule is CC1(S(=O)(=O)C2(C)N=NC(N)=C2c2cccc(Cl)c2)C=CC(S(N)(=O)=O)=CC1.Cc1ccc(Cl)c(N)c1. The molecule has 4 rings (SSSR count). The summed E-state index contributed by atoms with van der Waals surface area (Å²) in [7, 11) is -8.01. The third-order valence-corrected chi connectivity index (χ3v) is 10.5. The zero-order valence-corrected chi connectivity index (χ0v) is 23.5. The second-order valence-corrected chi connectivity index (χ2v) is 14.1. The molecule has 0 amide bonds. The molecule has 0 saturated carbocycles. The Morgan fingerprint density at radius 2 is 1.68 bits per heavy atom. The number of nitrogens with two attached hydrogens (primary N) is 3. The molecule has 37 heavy (non-hydrogen) atoms. The van der Waals surface area contributed by atoms with Gasteiger partial charge in [-0.3, -0.25) is 0 Å². The molecule has 2 aromatic rings. The Balaban J connectivity index is 0.000000356. The molecule has 198 valence electrons. The molecule has 1 heterocycles. The molecule has 0 aromatic heterocycles. The van der Waals surface area contributed by atoms with Crippen LogP contribution in [0.4, 0.5) is 5.69 Å². The number of nitrogens with zero attached hydrogens (tertiary/aromatic N) is 2. The first-order valence-corrected chi connectivity index (χ1v) is 14.7. The number of nitrogen functional groups attached to an aromatic ring is 1. The number of anilines is 1. The lowest BCUT2D eigenvalue weighted by Gasteiger charge is -2.35. The van der Waals surface area contributed by atoms with E-state index in [0.717, 1.165) is 5.56 Å². The Morgan fingerprint density at radius 1 is 1.00 bits per heavy atom. The summed E-state index contributed by atoms with van der Waals surface area (Å²) in [5.74, 6) is -0.0162. The molecule has 0 fully saturated rings. The zero-order chi connectivity index (χ0) is 27.8. The first-order chi connectivity index (χ1) is 17.0. The van der Waals surface area contributed by atoms with Crippen molar-refractivity contribution in [1.29, 1.82) is 0 Å². The van der Waals surface area contributed by atoms with Crippen LogP contribution in [0.25, 0.3) is 5.57 Å². The van der Waals surface area contributed by atoms with E-state index < -0.39 is 29.5 Å². The summed E-state index contributed by atoms with van der Waals surface area (Å²) in [6.45, 7) is 4.88. The van der Waals surface area contributed by atoms with E-state index in [1.165, 1.54) is 32.1 Å². The average Bonchev–Trinajstić information content (AvgIpc) is 3.12. The molecule has 6 N–H and O–H groups in total. The number of hydrogen-bond acceptors (Lipinski definition) is 8. The van der Waals surface area contributed by atoms with Crippen LogP contribution in [0, 0.1) is 6.92 Å². The monoisotopic (exact) mass is 583 g/mol. The molecular weight excluding hydrogens is 557 g/mol. The number of benzene rings is 2. The maximum absolute atomic E-state index is 13.7. The van der Waals surface area contributed by atoms with Gasteiger partial charge in [0.25, 0.3) is 0 Å². The van der Waals surface area contributed by atoms with Crippen molar-refractivity contribution in [3.8, 4) is 0 Å². The Labute approximate surface area is 226 Å². The highest BCUT2D eigenvalue weighted by Gasteiger charge is 2.56. The lowest BCUT2D eigenvalue weighted by Crippen LogP contribution is -2.47. The van der Waals surface area contributed by atoms with E-state index in [9.17, 15) is 16.8 Å². The lowest BCUT2D eigenvalue weighted by atomic mass is 10.00. The van der Waals surface area contributed by atoms with Gasteiger partial charge in [0.05, 0.1) is 20.4 Å². The van der Waals surface area contributed by atoms with Gasteiger partial charge in [0, 0.05) is 10.6 Å². The van der Waals surface area contributed by atoms with E-state index in [2.05, 4.69) is 10.2 Å². The van der Waals surface area contributed by atoms with Gasteiger partial charge >= 0.3 is 0 Å². The van der Waals surface area contributed by atoms with Crippen LogP contribution in [0.1, 0.15) is 31.4 Å². The zero-order valence-electron chi connectivity index (χ0n) is 20.3. The quantitative estimate of drug-likeness (QED) is 0.440. The Kier molecular flexibility index (Phi) is 7.97. The number of aryl methyl sites for hydroxylation is 1. The predicted molar refractivity (Wildman–Crippen MR) is 149 cm³/mol. The third kappa shape index (κ3) is 5.60. The van der Waals surface area contributed by atoms with Gasteiger partial charge < -0.3 is 11.5 Å². The largest absolute Gasteiger partial charge is 0.398 e. The van der Waals surface area contributed by atoms with Crippen molar-refractivity contribution in [2.45, 2.75) is 36.8 Å². The summed E-state index contributed by atoms with van der Waals surface area (Å²) < 4.78 is 48.9. The maximum Gasteiger partial charge on any atom is 0.237 e. The van der Waals surface area contributed by atoms with Gasteiger partial charge in [0.1, 0.15) is 0 Å². The maximum atomic E-state index is 13.7. The fourth-order valence-corrected chi connectivity index (χ4v) is 6.94. The summed E-state index contributed by atoms with van der Waals surface area (Å²) >= 11 is 11.7. The van der Waals surface area contributed by atoms with Crippen molar-refractivity contribution in [1.82, 2.24) is 0 Å². The van der Waals surface area contributed by atoms with Crippen LogP contribution in [-0.4, -0.2) is 26.5 Å². The highest BCUT2D eigenvalue weighted by Crippen LogP contribution is 2.48. The number of sulfone groups is 1. The number of primary sulfonamides is 1. The molecule has 1 aliphatic carbocycles. The van der Waals surface area contributed by atoms with Crippen molar-refractivity contribution in [3.05, 3.63) is 92.6 Å². The Hall–Kier alpha value is -2.70. The van der Waals surface area contributed by atoms with Crippen LogP contribution >= 0.6 is 23.2 Å². The highest BCUT2D eigenvalue weighted by atomic mass is 35.5. The van der Waals surface area contributed by atoms with Crippen LogP contribution < -0.4 is 16.6 Å². The van der Waals surface area contributed by atoms with Gasteiger partial charge in [-0.15, -0.1) is 5.11 Å². The number of hydrogen-bond donors (Lipinski definition) is 3. The van der Waals surface area contributed by atoms with Crippen molar-refractivity contribution in [3.63, 3.8) is 0 Å². The first-order valence-electron chi connectivity index (χ1n) is 10.9. The Bertz CT molecular complexity index is 1580. The number of allylic oxidation sites excluding steroid dienone is 2. The smallest absolute Gasteiger partial charge is 0.237 e. The Morgan fingerprint density at radius 3 is 2.19 bits per heavy atom. The van der Waals surface area contributed by atoms with E-state index >= 15 is 0 Å². The normalized spacial score (nSPS) is 23.5. The van der Waals surface area contributed by atoms with Gasteiger partial charge in [0.15, 0.2) is 15.7 Å². The molecule has 0 saturated heterocycles. The molecule has 2 aromatic carbocycles. The summed E-state index contributed by atoms with van der Waals surface area (Å²) in [5, 5.41) is 14.0. The minimum Gasteiger partial charge on any atom is -0.398 e. The summed E-state index contributed by atoms with van der Waals surface area (Å²) in [6, 6.07) is 12.2. The minimum atomic E-state index is -4.08. The van der Waals surface area contributed by atoms with Gasteiger partial charge in [0.2, 0.25) is 14.9 Å². The number of rotatable bonds is 4. The van der Waals surface area contributed by atoms with Crippen molar-refractivity contribution >= 4 is 54.3 Å². The molecule has 1 aliphatic heterocycles. The molecule has 0 bridgehead atoms. The third-order valence-electron chi connectivity index (χ3n) is 6.11. The van der Waals surface area contributed by atoms with Crippen LogP contribution in [0.15, 0.2) is 81.6 Å². The van der Waals surface area contributed by atoms with E-state index in [4.69, 9.17) is 39.8 Å². The van der Waals surface area contributed by atoms with E-state index in [0.29, 0.717) is 21.3 Å². The van der Waals surface area contributed by atoms with Crippen molar-refractivity contribution < 1.29 is 16.8 Å². The number of halogens is 2. The van der Waals surface area contributed by atoms with Crippen molar-refractivity contribution in [2.24, 2.45) is 21.1 Å². The molecule has 0 radical (unpaired) electrons. The highest BCUT2D eigenvalue weighted by molar-refractivity contribution is 7.95. The summed E-state index contributed by atoms with van der Waals surface area (Å²) in [6.07, 6.45) is 3.70. The van der Waals surface area contributed by atoms with Gasteiger partial charge in [-0.05, 0) is 68.7 Å². The minimum absolute atomic E-state index is 0.0162. The van der Waals surface area contributed by atoms with Crippen LogP contribution in [0.5, 0.6) is 0 Å². The van der Waals surface area contributed by atoms with Crippen LogP contribution in [0.2, 0.25) is 10.0 Å². The molecule has 9 nitrogen and oxygen atoms in total. The number of azo groups is 1. The van der Waals surface area contributed by atoms with Gasteiger partial charge in [-0.2, -0.15) is 5.11 Å². The second-order valence-electron chi connectivity index (χ2n) is 8.98. The first kappa shape index (κ1) is 28.9. The summed E-state index contributed by atoms with van der Waals surface area (Å²) in [5.41, 5.74) is 14.0. The average molecular weight is 585 g/mol. The van der Waals surface area contributed by atoms with Gasteiger partial charge in [-0.1, -0.05) is 53.6 Å². The van der Waals surface area contributed by atoms with E-state index in [1.807, 2.05) is 19.1 Å². The number of sulfonamides is 1. The fraction of sp³-hybridized carbons (Fsp3) is 0.250. The van der Waals surface area contributed by atoms with E-state index in [-0.39, 0.29) is 22.7 Å². The molecule has 13 heteroatoms. The molecule has 2 unspecified atom stereocenters. The molecule has 0 spiro atoms. The van der Waals surface area contributed by atoms with Crippen LogP contribution in [-0.2, 0) is 19.9 Å². The fourth-order valence-electron chi connectivity index (χ4n) is 3.96. The van der Waals surface area contributed by atoms with E-state index in [1.54, 1.807) is 30.3 Å². The van der Waals surface area contributed by atoms with Gasteiger partial charge in [-0.25, -0.2) is 22.0 Å². The van der Waals surface area contributed by atoms with Crippen molar-refractivity contribution in [2.75, 3.05) is 5.73 Å². The topological polar surface area (TPSA) is 171 Å². The predicted octanol–water partition coefficient (Wildman–Crippen LogP) is 4.69. The summed E-state index contributed by atoms with van der Waals surface area (Å²) in [4.78, 5) is -1.91. The van der Waals surface area contributed by atoms with Crippen LogP contribution in [0.3, 0.4) is 0 Å².